The third-order valence-electron chi connectivity index (χ3n) is 5.72. The smallest absolute Gasteiger partial charge is 0.340 e. The Kier molecular flexibility index (Phi) is 6.38. The lowest BCUT2D eigenvalue weighted by Crippen LogP contribution is -2.29. The van der Waals surface area contributed by atoms with Gasteiger partial charge in [0.1, 0.15) is 11.5 Å². The molecule has 1 aliphatic rings. The van der Waals surface area contributed by atoms with Crippen molar-refractivity contribution in [2.75, 3.05) is 25.0 Å². The zero-order chi connectivity index (χ0) is 24.4. The van der Waals surface area contributed by atoms with E-state index in [0.717, 1.165) is 18.8 Å². The summed E-state index contributed by atoms with van der Waals surface area (Å²) in [7, 11) is 1.48. The Bertz CT molecular complexity index is 1410. The molecule has 1 N–H and O–H groups in total. The number of nitriles is 1. The van der Waals surface area contributed by atoms with Crippen LogP contribution in [-0.4, -0.2) is 25.1 Å². The van der Waals surface area contributed by atoms with Crippen molar-refractivity contribution in [1.82, 2.24) is 5.32 Å². The highest BCUT2D eigenvalue weighted by molar-refractivity contribution is 7.11. The van der Waals surface area contributed by atoms with E-state index in [1.54, 1.807) is 35.7 Å². The first-order valence-electron chi connectivity index (χ1n) is 10.7. The molecule has 4 rings (SSSR count). The monoisotopic (exact) mass is 478 g/mol. The third-order valence-corrected chi connectivity index (χ3v) is 6.59. The SMILES string of the molecule is CCN(CC)c1ccc2cc(C3C(C#N)=C(c4cccs4)OC(NC)=C3[N+](=O)[O-])c(=O)oc2c1. The van der Waals surface area contributed by atoms with Crippen LogP contribution in [0.3, 0.4) is 0 Å². The van der Waals surface area contributed by atoms with Crippen LogP contribution in [0.1, 0.15) is 30.2 Å². The van der Waals surface area contributed by atoms with Gasteiger partial charge in [-0.05, 0) is 43.5 Å². The van der Waals surface area contributed by atoms with Crippen LogP contribution >= 0.6 is 11.3 Å². The van der Waals surface area contributed by atoms with E-state index < -0.39 is 22.2 Å². The molecule has 0 radical (unpaired) electrons. The van der Waals surface area contributed by atoms with Gasteiger partial charge in [0.2, 0.25) is 0 Å². The van der Waals surface area contributed by atoms with Gasteiger partial charge in [0.05, 0.1) is 27.0 Å². The summed E-state index contributed by atoms with van der Waals surface area (Å²) in [6.07, 6.45) is 0. The van der Waals surface area contributed by atoms with Gasteiger partial charge in [0.15, 0.2) is 5.76 Å². The van der Waals surface area contributed by atoms with Gasteiger partial charge >= 0.3 is 11.3 Å². The lowest BCUT2D eigenvalue weighted by molar-refractivity contribution is -0.433. The van der Waals surface area contributed by atoms with Crippen molar-refractivity contribution in [3.8, 4) is 6.07 Å². The number of nitro groups is 1. The molecule has 1 aliphatic heterocycles. The molecule has 0 aliphatic carbocycles. The molecule has 0 saturated carbocycles. The normalized spacial score (nSPS) is 15.8. The van der Waals surface area contributed by atoms with Gasteiger partial charge in [0, 0.05) is 37.3 Å². The fourth-order valence-electron chi connectivity index (χ4n) is 4.09. The van der Waals surface area contributed by atoms with E-state index in [-0.39, 0.29) is 22.8 Å². The number of thiophene rings is 1. The Morgan fingerprint density at radius 2 is 2.03 bits per heavy atom. The Labute approximate surface area is 199 Å². The van der Waals surface area contributed by atoms with Gasteiger partial charge in [-0.3, -0.25) is 10.1 Å². The maximum atomic E-state index is 13.2. The summed E-state index contributed by atoms with van der Waals surface area (Å²) in [5.41, 5.74) is 0.0676. The molecule has 0 amide bonds. The Morgan fingerprint density at radius 1 is 1.26 bits per heavy atom. The average Bonchev–Trinajstić information content (AvgIpc) is 3.37. The minimum atomic E-state index is -1.27. The second-order valence-electron chi connectivity index (χ2n) is 7.47. The molecule has 0 fully saturated rings. The van der Waals surface area contributed by atoms with Gasteiger partial charge in [0.25, 0.3) is 5.88 Å². The first-order chi connectivity index (χ1) is 16.4. The van der Waals surface area contributed by atoms with Gasteiger partial charge < -0.3 is 19.4 Å². The number of hydrogen-bond acceptors (Lipinski definition) is 9. The number of nitrogens with zero attached hydrogens (tertiary/aromatic N) is 3. The number of ether oxygens (including phenoxy) is 1. The van der Waals surface area contributed by atoms with Crippen LogP contribution in [0.4, 0.5) is 5.69 Å². The zero-order valence-electron chi connectivity index (χ0n) is 18.8. The van der Waals surface area contributed by atoms with Gasteiger partial charge in [-0.2, -0.15) is 5.26 Å². The number of benzene rings is 1. The molecule has 1 atom stereocenters. The summed E-state index contributed by atoms with van der Waals surface area (Å²) in [4.78, 5) is 27.3. The van der Waals surface area contributed by atoms with Crippen molar-refractivity contribution < 1.29 is 14.1 Å². The number of nitrogens with one attached hydrogen (secondary N) is 1. The molecule has 2 aromatic heterocycles. The summed E-state index contributed by atoms with van der Waals surface area (Å²) in [5.74, 6) is -1.22. The minimum Gasteiger partial charge on any atom is -0.433 e. The van der Waals surface area contributed by atoms with Crippen LogP contribution in [0.15, 0.2) is 68.1 Å². The predicted molar refractivity (Wildman–Crippen MR) is 130 cm³/mol. The topological polar surface area (TPSA) is 122 Å². The standard InChI is InChI=1S/C24H22N4O5S/c1-4-27(5-2)15-9-8-14-11-16(24(29)32-18(14)12-15)20-17(13-25)22(19-7-6-10-34-19)33-23(26-3)21(20)28(30)31/h6-12,20,26H,4-5H2,1-3H3. The fraction of sp³-hybridized carbons (Fsp3) is 0.250. The quantitative estimate of drug-likeness (QED) is 0.301. The van der Waals surface area contributed by atoms with E-state index in [1.165, 1.54) is 18.4 Å². The number of fused-ring (bicyclic) bond motifs is 1. The summed E-state index contributed by atoms with van der Waals surface area (Å²) in [5, 5.41) is 27.2. The van der Waals surface area contributed by atoms with Crippen molar-refractivity contribution in [2.45, 2.75) is 19.8 Å². The highest BCUT2D eigenvalue weighted by Crippen LogP contribution is 2.43. The molecule has 0 spiro atoms. The van der Waals surface area contributed by atoms with Crippen LogP contribution in [0.2, 0.25) is 0 Å². The number of allylic oxidation sites excluding steroid dienone is 1. The van der Waals surface area contributed by atoms with Crippen LogP contribution < -0.4 is 15.8 Å². The van der Waals surface area contributed by atoms with E-state index in [2.05, 4.69) is 10.2 Å². The van der Waals surface area contributed by atoms with E-state index >= 15 is 0 Å². The molecule has 0 saturated heterocycles. The third kappa shape index (κ3) is 3.91. The largest absolute Gasteiger partial charge is 0.433 e. The molecule has 34 heavy (non-hydrogen) atoms. The van der Waals surface area contributed by atoms with Gasteiger partial charge in [-0.25, -0.2) is 4.79 Å². The molecule has 1 aromatic carbocycles. The van der Waals surface area contributed by atoms with Crippen molar-refractivity contribution >= 4 is 33.8 Å². The Balaban J connectivity index is 1.96. The average molecular weight is 479 g/mol. The van der Waals surface area contributed by atoms with E-state index in [1.807, 2.05) is 26.0 Å². The van der Waals surface area contributed by atoms with Crippen LogP contribution in [0.25, 0.3) is 16.7 Å². The van der Waals surface area contributed by atoms with E-state index in [4.69, 9.17) is 9.15 Å². The molecule has 174 valence electrons. The first-order valence-corrected chi connectivity index (χ1v) is 11.6. The van der Waals surface area contributed by atoms with E-state index in [0.29, 0.717) is 15.8 Å². The van der Waals surface area contributed by atoms with Gasteiger partial charge in [-0.1, -0.05) is 6.07 Å². The van der Waals surface area contributed by atoms with Gasteiger partial charge in [-0.15, -0.1) is 11.3 Å². The van der Waals surface area contributed by atoms with Crippen molar-refractivity contribution in [3.63, 3.8) is 0 Å². The number of hydrogen-bond donors (Lipinski definition) is 1. The summed E-state index contributed by atoms with van der Waals surface area (Å²) in [6.45, 7) is 5.64. The zero-order valence-corrected chi connectivity index (χ0v) is 19.6. The lowest BCUT2D eigenvalue weighted by Gasteiger charge is -2.24. The lowest BCUT2D eigenvalue weighted by atomic mass is 9.86. The first kappa shape index (κ1) is 23.1. The minimum absolute atomic E-state index is 0.00329. The molecular formula is C24H22N4O5S. The highest BCUT2D eigenvalue weighted by atomic mass is 32.1. The van der Waals surface area contributed by atoms with Crippen molar-refractivity contribution in [3.05, 3.63) is 89.9 Å². The number of rotatable bonds is 7. The molecule has 3 heterocycles. The molecule has 0 bridgehead atoms. The second-order valence-corrected chi connectivity index (χ2v) is 8.42. The van der Waals surface area contributed by atoms with Crippen molar-refractivity contribution in [2.24, 2.45) is 0 Å². The molecular weight excluding hydrogens is 456 g/mol. The Morgan fingerprint density at radius 3 is 2.62 bits per heavy atom. The number of anilines is 1. The predicted octanol–water partition coefficient (Wildman–Crippen LogP) is 4.41. The molecule has 10 heteroatoms. The maximum Gasteiger partial charge on any atom is 0.340 e. The Hall–Kier alpha value is -4.10. The fourth-order valence-corrected chi connectivity index (χ4v) is 4.81. The van der Waals surface area contributed by atoms with Crippen LogP contribution in [0.5, 0.6) is 0 Å². The van der Waals surface area contributed by atoms with Crippen LogP contribution in [0, 0.1) is 21.4 Å². The molecule has 3 aromatic rings. The summed E-state index contributed by atoms with van der Waals surface area (Å²) in [6, 6.07) is 12.6. The second kappa shape index (κ2) is 9.41. The molecule has 9 nitrogen and oxygen atoms in total. The summed E-state index contributed by atoms with van der Waals surface area (Å²) >= 11 is 1.32. The van der Waals surface area contributed by atoms with E-state index in [9.17, 15) is 20.2 Å². The van der Waals surface area contributed by atoms with Crippen molar-refractivity contribution in [1.29, 1.82) is 5.26 Å². The maximum absolute atomic E-state index is 13.2. The highest BCUT2D eigenvalue weighted by Gasteiger charge is 2.43. The molecule has 1 unspecified atom stereocenters. The van der Waals surface area contributed by atoms with Crippen LogP contribution in [-0.2, 0) is 4.74 Å². The summed E-state index contributed by atoms with van der Waals surface area (Å²) < 4.78 is 11.4.